The summed E-state index contributed by atoms with van der Waals surface area (Å²) in [5, 5.41) is 6.60. The third-order valence-electron chi connectivity index (χ3n) is 6.32. The van der Waals surface area contributed by atoms with Gasteiger partial charge in [0.2, 0.25) is 5.88 Å². The predicted octanol–water partition coefficient (Wildman–Crippen LogP) is 3.72. The highest BCUT2D eigenvalue weighted by atomic mass is 16.5. The quantitative estimate of drug-likeness (QED) is 0.589. The third-order valence-corrected chi connectivity index (χ3v) is 6.32. The molecule has 2 aromatic heterocycles. The normalized spacial score (nSPS) is 20.5. The maximum absolute atomic E-state index is 11.1. The van der Waals surface area contributed by atoms with Gasteiger partial charge >= 0.3 is 5.69 Å². The Morgan fingerprint density at radius 1 is 1.03 bits per heavy atom. The Morgan fingerprint density at radius 3 is 2.55 bits per heavy atom. The Labute approximate surface area is 181 Å². The van der Waals surface area contributed by atoms with E-state index in [-0.39, 0.29) is 5.69 Å². The Bertz CT molecular complexity index is 1110. The van der Waals surface area contributed by atoms with Crippen LogP contribution in [0.25, 0.3) is 22.3 Å². The number of hydrogen-bond acceptors (Lipinski definition) is 6. The molecule has 2 bridgehead atoms. The fourth-order valence-electron chi connectivity index (χ4n) is 4.66. The number of fused-ring (bicyclic) bond motifs is 5. The van der Waals surface area contributed by atoms with Crippen molar-refractivity contribution in [2.24, 2.45) is 0 Å². The van der Waals surface area contributed by atoms with E-state index in [0.29, 0.717) is 12.5 Å². The van der Waals surface area contributed by atoms with Crippen molar-refractivity contribution >= 4 is 5.82 Å². The first-order valence-corrected chi connectivity index (χ1v) is 11.0. The van der Waals surface area contributed by atoms with Crippen LogP contribution >= 0.6 is 0 Å². The number of anilines is 1. The summed E-state index contributed by atoms with van der Waals surface area (Å²) in [6.45, 7) is 0.465. The number of aromatic nitrogens is 3. The first-order valence-electron chi connectivity index (χ1n) is 11.0. The number of ether oxygens (including phenoxy) is 1. The van der Waals surface area contributed by atoms with Crippen LogP contribution in [0, 0.1) is 0 Å². The molecule has 31 heavy (non-hydrogen) atoms. The lowest BCUT2D eigenvalue weighted by molar-refractivity contribution is 0.290. The van der Waals surface area contributed by atoms with Gasteiger partial charge in [-0.15, -0.1) is 0 Å². The minimum absolute atomic E-state index is 0.351. The average molecular weight is 418 g/mol. The van der Waals surface area contributed by atoms with Crippen LogP contribution in [0.3, 0.4) is 0 Å². The molecule has 0 saturated carbocycles. The lowest BCUT2D eigenvalue weighted by atomic mass is 9.95. The number of hydrogen-bond donors (Lipinski definition) is 3. The number of nitrogens with one attached hydrogen (secondary N) is 3. The molecule has 3 aromatic rings. The van der Waals surface area contributed by atoms with E-state index in [1.165, 1.54) is 32.1 Å². The molecule has 7 heteroatoms. The second kappa shape index (κ2) is 8.51. The van der Waals surface area contributed by atoms with Crippen molar-refractivity contribution in [1.29, 1.82) is 0 Å². The molecule has 2 saturated heterocycles. The molecular formula is C24H27N5O2. The summed E-state index contributed by atoms with van der Waals surface area (Å²) >= 11 is 0. The Hall–Kier alpha value is -3.19. The maximum atomic E-state index is 11.1. The first-order chi connectivity index (χ1) is 15.2. The van der Waals surface area contributed by atoms with Gasteiger partial charge in [0.15, 0.2) is 0 Å². The van der Waals surface area contributed by atoms with Gasteiger partial charge in [0.1, 0.15) is 12.4 Å². The van der Waals surface area contributed by atoms with Crippen LogP contribution < -0.4 is 21.1 Å². The molecule has 2 atom stereocenters. The second-order valence-corrected chi connectivity index (χ2v) is 8.34. The molecule has 160 valence electrons. The van der Waals surface area contributed by atoms with Crippen molar-refractivity contribution < 1.29 is 4.74 Å². The van der Waals surface area contributed by atoms with Gasteiger partial charge in [-0.3, -0.25) is 0 Å². The Morgan fingerprint density at radius 2 is 1.84 bits per heavy atom. The first kappa shape index (κ1) is 19.8. The topological polar surface area (TPSA) is 91.9 Å². The van der Waals surface area contributed by atoms with Crippen LogP contribution in [-0.2, 0) is 6.61 Å². The molecule has 3 aliphatic rings. The average Bonchev–Trinajstić information content (AvgIpc) is 3.16. The summed E-state index contributed by atoms with van der Waals surface area (Å²) in [5.74, 6) is 1.42. The SMILES string of the molecule is C1CC2CCC(C1)N2.CNc1ccc2c(n1)OCc1cc(-c3cnc(=O)[nH]c3)ccc1-2. The van der Waals surface area contributed by atoms with Crippen LogP contribution in [0.5, 0.6) is 5.88 Å². The molecule has 5 heterocycles. The van der Waals surface area contributed by atoms with Gasteiger partial charge in [-0.2, -0.15) is 4.98 Å². The Balaban J connectivity index is 0.000000212. The van der Waals surface area contributed by atoms with Crippen LogP contribution in [-0.4, -0.2) is 34.1 Å². The van der Waals surface area contributed by atoms with Crippen molar-refractivity contribution in [3.8, 4) is 28.1 Å². The number of nitrogens with zero attached hydrogens (tertiary/aromatic N) is 2. The number of rotatable bonds is 2. The van der Waals surface area contributed by atoms with Gasteiger partial charge in [-0.25, -0.2) is 9.78 Å². The molecule has 1 aromatic carbocycles. The van der Waals surface area contributed by atoms with Crippen LogP contribution in [0.1, 0.15) is 37.7 Å². The van der Waals surface area contributed by atoms with Crippen molar-refractivity contribution in [1.82, 2.24) is 20.3 Å². The molecule has 2 unspecified atom stereocenters. The minimum atomic E-state index is -0.351. The van der Waals surface area contributed by atoms with E-state index in [1.54, 1.807) is 12.4 Å². The Kier molecular flexibility index (Phi) is 5.42. The van der Waals surface area contributed by atoms with Gasteiger partial charge in [0, 0.05) is 42.7 Å². The zero-order valence-corrected chi connectivity index (χ0v) is 17.6. The standard InChI is InChI=1S/C17H14N4O2.C7H13N/c1-18-15-5-4-14-13-3-2-10(12-7-19-17(22)20-8-12)6-11(13)9-23-16(14)21-15;1-2-6-4-5-7(3-1)8-6/h2-8H,9H2,1H3,(H,18,21)(H,19,20,22);6-8H,1-5H2. The second-order valence-electron chi connectivity index (χ2n) is 8.34. The smallest absolute Gasteiger partial charge is 0.344 e. The minimum Gasteiger partial charge on any atom is -0.472 e. The van der Waals surface area contributed by atoms with E-state index in [2.05, 4.69) is 37.7 Å². The van der Waals surface area contributed by atoms with Crippen molar-refractivity contribution in [3.63, 3.8) is 0 Å². The highest BCUT2D eigenvalue weighted by Gasteiger charge is 2.26. The predicted molar refractivity (Wildman–Crippen MR) is 121 cm³/mol. The highest BCUT2D eigenvalue weighted by Crippen LogP contribution is 2.38. The molecule has 2 fully saturated rings. The molecule has 0 spiro atoms. The summed E-state index contributed by atoms with van der Waals surface area (Å²) in [4.78, 5) is 21.9. The summed E-state index contributed by atoms with van der Waals surface area (Å²) in [7, 11) is 1.83. The molecule has 0 amide bonds. The third kappa shape index (κ3) is 4.18. The zero-order valence-electron chi connectivity index (χ0n) is 17.6. The molecule has 3 aliphatic heterocycles. The number of benzene rings is 1. The maximum Gasteiger partial charge on any atom is 0.344 e. The van der Waals surface area contributed by atoms with Gasteiger partial charge in [-0.1, -0.05) is 18.6 Å². The van der Waals surface area contributed by atoms with E-state index in [0.717, 1.165) is 45.7 Å². The van der Waals surface area contributed by atoms with Crippen molar-refractivity contribution in [2.75, 3.05) is 12.4 Å². The molecular weight excluding hydrogens is 390 g/mol. The van der Waals surface area contributed by atoms with Gasteiger partial charge in [-0.05, 0) is 60.6 Å². The number of aromatic amines is 1. The summed E-state index contributed by atoms with van der Waals surface area (Å²) in [6.07, 6.45) is 10.5. The van der Waals surface area contributed by atoms with Crippen molar-refractivity contribution in [2.45, 2.75) is 50.8 Å². The lowest BCUT2D eigenvalue weighted by Crippen LogP contribution is -2.33. The van der Waals surface area contributed by atoms with E-state index in [9.17, 15) is 4.79 Å². The summed E-state index contributed by atoms with van der Waals surface area (Å²) in [5.41, 5.74) is 4.68. The molecule has 0 aliphatic carbocycles. The molecule has 0 radical (unpaired) electrons. The van der Waals surface area contributed by atoms with E-state index in [4.69, 9.17) is 4.74 Å². The molecule has 6 rings (SSSR count). The number of H-pyrrole nitrogens is 1. The lowest BCUT2D eigenvalue weighted by Gasteiger charge is -2.21. The number of pyridine rings is 1. The monoisotopic (exact) mass is 417 g/mol. The van der Waals surface area contributed by atoms with Crippen LogP contribution in [0.4, 0.5) is 5.82 Å². The molecule has 3 N–H and O–H groups in total. The van der Waals surface area contributed by atoms with Gasteiger partial charge in [0.25, 0.3) is 0 Å². The van der Waals surface area contributed by atoms with Crippen molar-refractivity contribution in [3.05, 3.63) is 58.8 Å². The van der Waals surface area contributed by atoms with Gasteiger partial charge < -0.3 is 20.4 Å². The largest absolute Gasteiger partial charge is 0.472 e. The molecule has 7 nitrogen and oxygen atoms in total. The summed E-state index contributed by atoms with van der Waals surface area (Å²) in [6, 6.07) is 11.9. The fourth-order valence-corrected chi connectivity index (χ4v) is 4.66. The van der Waals surface area contributed by atoms with Gasteiger partial charge in [0.05, 0.1) is 0 Å². The zero-order chi connectivity index (χ0) is 21.2. The number of piperidine rings is 1. The fraction of sp³-hybridized carbons (Fsp3) is 0.375. The highest BCUT2D eigenvalue weighted by molar-refractivity contribution is 5.77. The van der Waals surface area contributed by atoms with Crippen LogP contribution in [0.15, 0.2) is 47.5 Å². The van der Waals surface area contributed by atoms with E-state index < -0.39 is 0 Å². The van der Waals surface area contributed by atoms with Crippen LogP contribution in [0.2, 0.25) is 0 Å². The van der Waals surface area contributed by atoms with E-state index >= 15 is 0 Å². The summed E-state index contributed by atoms with van der Waals surface area (Å²) < 4.78 is 5.78. The van der Waals surface area contributed by atoms with E-state index in [1.807, 2.05) is 25.2 Å².